The molecule has 0 saturated carbocycles. The molecule has 0 fully saturated rings. The van der Waals surface area contributed by atoms with Gasteiger partial charge in [0.25, 0.3) is 0 Å². The molecule has 5 heteroatoms. The van der Waals surface area contributed by atoms with Crippen LogP contribution in [0.4, 0.5) is 0 Å². The average Bonchev–Trinajstić information content (AvgIpc) is 2.52. The van der Waals surface area contributed by atoms with E-state index in [0.29, 0.717) is 18.5 Å². The summed E-state index contributed by atoms with van der Waals surface area (Å²) in [5.74, 6) is 5.33. The Kier molecular flexibility index (Phi) is 7.41. The molecule has 1 amide bonds. The second-order valence-corrected chi connectivity index (χ2v) is 4.61. The molecule has 0 aromatic heterocycles. The Labute approximate surface area is 130 Å². The van der Waals surface area contributed by atoms with Gasteiger partial charge in [0.2, 0.25) is 5.91 Å². The number of rotatable bonds is 6. The summed E-state index contributed by atoms with van der Waals surface area (Å²) < 4.78 is 4.50. The monoisotopic (exact) mass is 301 g/mol. The van der Waals surface area contributed by atoms with Gasteiger partial charge in [0, 0.05) is 37.4 Å². The summed E-state index contributed by atoms with van der Waals surface area (Å²) in [7, 11) is 1.30. The number of amides is 1. The van der Waals surface area contributed by atoms with Crippen LogP contribution in [0.25, 0.3) is 0 Å². The highest BCUT2D eigenvalue weighted by Gasteiger charge is 2.08. The topological polar surface area (TPSA) is 72.5 Å². The van der Waals surface area contributed by atoms with Crippen LogP contribution in [0.2, 0.25) is 0 Å². The fourth-order valence-corrected chi connectivity index (χ4v) is 1.67. The maximum Gasteiger partial charge on any atom is 0.305 e. The predicted octanol–water partition coefficient (Wildman–Crippen LogP) is 1.70. The molecule has 0 heterocycles. The maximum absolute atomic E-state index is 11.9. The Hall–Kier alpha value is -2.61. The van der Waals surface area contributed by atoms with Crippen molar-refractivity contribution >= 4 is 17.7 Å². The lowest BCUT2D eigenvalue weighted by atomic mass is 10.0. The number of nitrogens with one attached hydrogen (secondary N) is 1. The van der Waals surface area contributed by atoms with Gasteiger partial charge in [-0.3, -0.25) is 14.4 Å². The second-order valence-electron chi connectivity index (χ2n) is 4.61. The summed E-state index contributed by atoms with van der Waals surface area (Å²) in [6.45, 7) is 1.98. The van der Waals surface area contributed by atoms with Crippen molar-refractivity contribution < 1.29 is 19.1 Å². The van der Waals surface area contributed by atoms with E-state index in [1.54, 1.807) is 24.3 Å². The highest BCUT2D eigenvalue weighted by atomic mass is 16.5. The number of hydrogen-bond acceptors (Lipinski definition) is 4. The molecule has 0 radical (unpaired) electrons. The first-order chi connectivity index (χ1) is 10.5. The lowest BCUT2D eigenvalue weighted by Crippen LogP contribution is -2.20. The third-order valence-corrected chi connectivity index (χ3v) is 2.85. The molecule has 5 nitrogen and oxygen atoms in total. The van der Waals surface area contributed by atoms with E-state index in [2.05, 4.69) is 21.9 Å². The van der Waals surface area contributed by atoms with Crippen LogP contribution in [0.3, 0.4) is 0 Å². The summed E-state index contributed by atoms with van der Waals surface area (Å²) in [6.07, 6.45) is 0.786. The number of hydrogen-bond donors (Lipinski definition) is 1. The quantitative estimate of drug-likeness (QED) is 0.376. The normalized spacial score (nSPS) is 9.36. The molecule has 1 aromatic rings. The van der Waals surface area contributed by atoms with E-state index in [1.165, 1.54) is 14.0 Å². The molecule has 1 rings (SSSR count). The molecule has 116 valence electrons. The minimum Gasteiger partial charge on any atom is -0.469 e. The van der Waals surface area contributed by atoms with Gasteiger partial charge in [0.05, 0.1) is 13.5 Å². The molecule has 1 aromatic carbocycles. The van der Waals surface area contributed by atoms with E-state index in [-0.39, 0.29) is 24.5 Å². The van der Waals surface area contributed by atoms with Crippen molar-refractivity contribution in [2.45, 2.75) is 26.2 Å². The number of carbonyl (C=O) groups is 3. The number of ether oxygens (including phenoxy) is 1. The SMILES string of the molecule is COC(=O)CCC(=O)c1ccc(C#CCCNC(C)=O)cc1. The maximum atomic E-state index is 11.9. The van der Waals surface area contributed by atoms with Crippen LogP contribution < -0.4 is 5.32 Å². The molecule has 0 bridgehead atoms. The van der Waals surface area contributed by atoms with Crippen LogP contribution in [0.1, 0.15) is 42.1 Å². The number of benzene rings is 1. The van der Waals surface area contributed by atoms with Gasteiger partial charge in [-0.2, -0.15) is 0 Å². The van der Waals surface area contributed by atoms with Gasteiger partial charge in [0.1, 0.15) is 0 Å². The van der Waals surface area contributed by atoms with Gasteiger partial charge in [-0.05, 0) is 12.1 Å². The molecule has 1 N–H and O–H groups in total. The molecule has 0 atom stereocenters. The minimum atomic E-state index is -0.394. The Bertz CT molecular complexity index is 593. The van der Waals surface area contributed by atoms with E-state index in [9.17, 15) is 14.4 Å². The molecule has 0 aliphatic rings. The first kappa shape index (κ1) is 17.4. The van der Waals surface area contributed by atoms with E-state index in [1.807, 2.05) is 0 Å². The molecule has 0 aliphatic carbocycles. The molecule has 0 spiro atoms. The van der Waals surface area contributed by atoms with Crippen molar-refractivity contribution in [2.24, 2.45) is 0 Å². The zero-order chi connectivity index (χ0) is 16.4. The summed E-state index contributed by atoms with van der Waals surface area (Å²) in [5.41, 5.74) is 1.35. The Morgan fingerprint density at radius 3 is 2.41 bits per heavy atom. The smallest absolute Gasteiger partial charge is 0.305 e. The summed E-state index contributed by atoms with van der Waals surface area (Å²) in [6, 6.07) is 6.91. The van der Waals surface area contributed by atoms with Gasteiger partial charge in [-0.25, -0.2) is 0 Å². The third-order valence-electron chi connectivity index (χ3n) is 2.85. The fourth-order valence-electron chi connectivity index (χ4n) is 1.67. The fraction of sp³-hybridized carbons (Fsp3) is 0.353. The van der Waals surface area contributed by atoms with Crippen LogP contribution in [0, 0.1) is 11.8 Å². The zero-order valence-corrected chi connectivity index (χ0v) is 12.8. The van der Waals surface area contributed by atoms with Crippen LogP contribution in [0.5, 0.6) is 0 Å². The van der Waals surface area contributed by atoms with Crippen molar-refractivity contribution in [2.75, 3.05) is 13.7 Å². The first-order valence-electron chi connectivity index (χ1n) is 6.96. The Morgan fingerprint density at radius 1 is 1.14 bits per heavy atom. The Morgan fingerprint density at radius 2 is 1.82 bits per heavy atom. The van der Waals surface area contributed by atoms with Gasteiger partial charge in [0.15, 0.2) is 5.78 Å². The standard InChI is InChI=1S/C17H19NO4/c1-13(19)18-12-4-3-5-14-6-8-15(9-7-14)16(20)10-11-17(21)22-2/h6-9H,4,10-12H2,1-2H3,(H,18,19). The first-order valence-corrected chi connectivity index (χ1v) is 6.96. The lowest BCUT2D eigenvalue weighted by Gasteiger charge is -2.01. The van der Waals surface area contributed by atoms with Gasteiger partial charge < -0.3 is 10.1 Å². The number of ketones is 1. The summed E-state index contributed by atoms with van der Waals surface area (Å²) in [5, 5.41) is 2.66. The van der Waals surface area contributed by atoms with Crippen LogP contribution >= 0.6 is 0 Å². The van der Waals surface area contributed by atoms with Crippen molar-refractivity contribution in [3.63, 3.8) is 0 Å². The van der Waals surface area contributed by atoms with E-state index in [4.69, 9.17) is 0 Å². The number of Topliss-reactive ketones (excluding diaryl/α,β-unsaturated/α-hetero) is 1. The average molecular weight is 301 g/mol. The summed E-state index contributed by atoms with van der Waals surface area (Å²) in [4.78, 5) is 33.5. The van der Waals surface area contributed by atoms with E-state index >= 15 is 0 Å². The molecule has 0 unspecified atom stereocenters. The summed E-state index contributed by atoms with van der Waals surface area (Å²) >= 11 is 0. The number of methoxy groups -OCH3 is 1. The molecular formula is C17H19NO4. The second kappa shape index (κ2) is 9.35. The van der Waals surface area contributed by atoms with Crippen LogP contribution in [-0.4, -0.2) is 31.3 Å². The molecular weight excluding hydrogens is 282 g/mol. The molecule has 0 saturated heterocycles. The van der Waals surface area contributed by atoms with Crippen molar-refractivity contribution in [1.29, 1.82) is 0 Å². The van der Waals surface area contributed by atoms with Gasteiger partial charge in [-0.15, -0.1) is 0 Å². The van der Waals surface area contributed by atoms with Crippen LogP contribution in [0.15, 0.2) is 24.3 Å². The van der Waals surface area contributed by atoms with E-state index < -0.39 is 5.97 Å². The van der Waals surface area contributed by atoms with E-state index in [0.717, 1.165) is 5.56 Å². The number of esters is 1. The highest BCUT2D eigenvalue weighted by molar-refractivity contribution is 5.97. The highest BCUT2D eigenvalue weighted by Crippen LogP contribution is 2.08. The van der Waals surface area contributed by atoms with Gasteiger partial charge >= 0.3 is 5.97 Å². The minimum absolute atomic E-state index is 0.0726. The molecule has 22 heavy (non-hydrogen) atoms. The van der Waals surface area contributed by atoms with Crippen LogP contribution in [-0.2, 0) is 14.3 Å². The largest absolute Gasteiger partial charge is 0.469 e. The van der Waals surface area contributed by atoms with Crippen molar-refractivity contribution in [3.05, 3.63) is 35.4 Å². The van der Waals surface area contributed by atoms with Gasteiger partial charge in [-0.1, -0.05) is 24.0 Å². The number of carbonyl (C=O) groups excluding carboxylic acids is 3. The predicted molar refractivity (Wildman–Crippen MR) is 82.2 cm³/mol. The lowest BCUT2D eigenvalue weighted by molar-refractivity contribution is -0.140. The zero-order valence-electron chi connectivity index (χ0n) is 12.8. The van der Waals surface area contributed by atoms with Crippen molar-refractivity contribution in [3.8, 4) is 11.8 Å². The third kappa shape index (κ3) is 6.71. The molecule has 0 aliphatic heterocycles. The van der Waals surface area contributed by atoms with Crippen molar-refractivity contribution in [1.82, 2.24) is 5.32 Å². The Balaban J connectivity index is 2.49.